The molecule has 1 aliphatic rings. The minimum absolute atomic E-state index is 0.0781. The topological polar surface area (TPSA) is 64.6 Å². The number of amides is 1. The lowest BCUT2D eigenvalue weighted by Crippen LogP contribution is -2.56. The van der Waals surface area contributed by atoms with Crippen LogP contribution in [-0.2, 0) is 14.3 Å². The highest BCUT2D eigenvalue weighted by molar-refractivity contribution is 5.96. The van der Waals surface area contributed by atoms with Gasteiger partial charge < -0.3 is 14.8 Å². The standard InChI is InChI=1S/C20H28FNO4/c1-13(9-16(23)14-7-6-8-15(21)10-14)11-22-18(24)17-19(2,3)12-25-20(4,5)26-17/h6-8,10,13,17H,9,11-12H2,1-5H3,(H,22,24)/t13-,17+/m1/s1. The van der Waals surface area contributed by atoms with Crippen molar-refractivity contribution in [1.82, 2.24) is 5.32 Å². The summed E-state index contributed by atoms with van der Waals surface area (Å²) in [5.74, 6) is -1.67. The Morgan fingerprint density at radius 3 is 2.65 bits per heavy atom. The molecule has 1 fully saturated rings. The molecule has 1 heterocycles. The first-order valence-corrected chi connectivity index (χ1v) is 8.88. The highest BCUT2D eigenvalue weighted by atomic mass is 19.1. The normalized spacial score (nSPS) is 22.5. The fraction of sp³-hybridized carbons (Fsp3) is 0.600. The third-order valence-electron chi connectivity index (χ3n) is 4.45. The van der Waals surface area contributed by atoms with Crippen LogP contribution in [0, 0.1) is 17.2 Å². The van der Waals surface area contributed by atoms with Crippen LogP contribution in [0.2, 0.25) is 0 Å². The van der Waals surface area contributed by atoms with E-state index < -0.39 is 23.1 Å². The summed E-state index contributed by atoms with van der Waals surface area (Å²) in [6.45, 7) is 10.0. The van der Waals surface area contributed by atoms with Gasteiger partial charge in [-0.25, -0.2) is 4.39 Å². The first-order valence-electron chi connectivity index (χ1n) is 8.88. The summed E-state index contributed by atoms with van der Waals surface area (Å²) in [6.07, 6.45) is -0.398. The van der Waals surface area contributed by atoms with Crippen LogP contribution in [0.4, 0.5) is 4.39 Å². The number of rotatable bonds is 6. The van der Waals surface area contributed by atoms with Gasteiger partial charge in [-0.15, -0.1) is 0 Å². The molecule has 26 heavy (non-hydrogen) atoms. The smallest absolute Gasteiger partial charge is 0.249 e. The van der Waals surface area contributed by atoms with Crippen LogP contribution in [-0.4, -0.2) is 36.7 Å². The molecule has 2 rings (SSSR count). The molecule has 6 heteroatoms. The Morgan fingerprint density at radius 1 is 1.31 bits per heavy atom. The zero-order valence-corrected chi connectivity index (χ0v) is 16.1. The van der Waals surface area contributed by atoms with Gasteiger partial charge in [0.2, 0.25) is 5.91 Å². The Bertz CT molecular complexity index is 672. The van der Waals surface area contributed by atoms with E-state index in [4.69, 9.17) is 9.47 Å². The van der Waals surface area contributed by atoms with Crippen LogP contribution in [0.5, 0.6) is 0 Å². The molecule has 5 nitrogen and oxygen atoms in total. The number of ketones is 1. The Hall–Kier alpha value is -1.79. The molecule has 0 bridgehead atoms. The summed E-state index contributed by atoms with van der Waals surface area (Å²) in [6, 6.07) is 5.64. The van der Waals surface area contributed by atoms with Crippen molar-refractivity contribution >= 4 is 11.7 Å². The van der Waals surface area contributed by atoms with E-state index in [0.29, 0.717) is 18.7 Å². The monoisotopic (exact) mass is 365 g/mol. The number of hydrogen-bond acceptors (Lipinski definition) is 4. The Labute approximate surface area is 154 Å². The first-order chi connectivity index (χ1) is 12.0. The van der Waals surface area contributed by atoms with Gasteiger partial charge in [-0.05, 0) is 31.9 Å². The molecule has 144 valence electrons. The number of halogens is 1. The molecular weight excluding hydrogens is 337 g/mol. The van der Waals surface area contributed by atoms with Crippen molar-refractivity contribution in [2.24, 2.45) is 11.3 Å². The van der Waals surface area contributed by atoms with Gasteiger partial charge in [0.15, 0.2) is 11.6 Å². The van der Waals surface area contributed by atoms with Gasteiger partial charge in [-0.1, -0.05) is 32.9 Å². The molecular formula is C20H28FNO4. The first kappa shape index (κ1) is 20.5. The van der Waals surface area contributed by atoms with Crippen molar-refractivity contribution in [3.8, 4) is 0 Å². The molecule has 0 radical (unpaired) electrons. The summed E-state index contributed by atoms with van der Waals surface area (Å²) in [7, 11) is 0. The van der Waals surface area contributed by atoms with E-state index in [2.05, 4.69) is 5.32 Å². The molecule has 1 aromatic carbocycles. The summed E-state index contributed by atoms with van der Waals surface area (Å²) in [4.78, 5) is 24.8. The van der Waals surface area contributed by atoms with Crippen LogP contribution in [0.1, 0.15) is 51.4 Å². The number of hydrogen-bond donors (Lipinski definition) is 1. The van der Waals surface area contributed by atoms with E-state index in [1.807, 2.05) is 20.8 Å². The summed E-state index contributed by atoms with van der Waals surface area (Å²) >= 11 is 0. The molecule has 0 aromatic heterocycles. The van der Waals surface area contributed by atoms with Crippen LogP contribution >= 0.6 is 0 Å². The second-order valence-corrected chi connectivity index (χ2v) is 8.16. The molecule has 1 N–H and O–H groups in total. The zero-order valence-electron chi connectivity index (χ0n) is 16.1. The van der Waals surface area contributed by atoms with Crippen molar-refractivity contribution in [1.29, 1.82) is 0 Å². The number of ether oxygens (including phenoxy) is 2. The van der Waals surface area contributed by atoms with Crippen molar-refractivity contribution in [3.05, 3.63) is 35.6 Å². The van der Waals surface area contributed by atoms with Crippen molar-refractivity contribution < 1.29 is 23.5 Å². The van der Waals surface area contributed by atoms with Crippen molar-refractivity contribution in [3.63, 3.8) is 0 Å². The van der Waals surface area contributed by atoms with Crippen LogP contribution in [0.25, 0.3) is 0 Å². The quantitative estimate of drug-likeness (QED) is 0.786. The van der Waals surface area contributed by atoms with Crippen LogP contribution in [0.3, 0.4) is 0 Å². The highest BCUT2D eigenvalue weighted by Crippen LogP contribution is 2.34. The van der Waals surface area contributed by atoms with E-state index in [9.17, 15) is 14.0 Å². The van der Waals surface area contributed by atoms with Gasteiger partial charge in [-0.2, -0.15) is 0 Å². The second kappa shape index (κ2) is 7.84. The van der Waals surface area contributed by atoms with E-state index >= 15 is 0 Å². The molecule has 0 spiro atoms. The Morgan fingerprint density at radius 2 is 2.00 bits per heavy atom. The van der Waals surface area contributed by atoms with Gasteiger partial charge in [0.05, 0.1) is 6.61 Å². The molecule has 1 aromatic rings. The fourth-order valence-corrected chi connectivity index (χ4v) is 2.86. The minimum atomic E-state index is -0.809. The Kier molecular flexibility index (Phi) is 6.19. The van der Waals surface area contributed by atoms with Gasteiger partial charge in [0, 0.05) is 23.9 Å². The maximum Gasteiger partial charge on any atom is 0.249 e. The third-order valence-corrected chi connectivity index (χ3v) is 4.45. The predicted molar refractivity (Wildman–Crippen MR) is 96.2 cm³/mol. The molecule has 0 saturated carbocycles. The SMILES string of the molecule is C[C@@H](CNC(=O)[C@@H]1OC(C)(C)OCC1(C)C)CC(=O)c1cccc(F)c1. The maximum atomic E-state index is 13.2. The third kappa shape index (κ3) is 5.35. The van der Waals surface area contributed by atoms with Gasteiger partial charge >= 0.3 is 0 Å². The maximum absolute atomic E-state index is 13.2. The van der Waals surface area contributed by atoms with E-state index in [-0.39, 0.29) is 24.0 Å². The number of Topliss-reactive ketones (excluding diaryl/α,β-unsaturated/α-hetero) is 1. The summed E-state index contributed by atoms with van der Waals surface area (Å²) < 4.78 is 24.7. The molecule has 1 saturated heterocycles. The van der Waals surface area contributed by atoms with E-state index in [1.54, 1.807) is 19.9 Å². The van der Waals surface area contributed by atoms with Crippen LogP contribution < -0.4 is 5.32 Å². The average Bonchev–Trinajstić information content (AvgIpc) is 2.55. The molecule has 0 aliphatic carbocycles. The molecule has 1 amide bonds. The van der Waals surface area contributed by atoms with Crippen LogP contribution in [0.15, 0.2) is 24.3 Å². The Balaban J connectivity index is 1.89. The van der Waals surface area contributed by atoms with E-state index in [0.717, 1.165) is 0 Å². The average molecular weight is 365 g/mol. The lowest BCUT2D eigenvalue weighted by Gasteiger charge is -2.44. The minimum Gasteiger partial charge on any atom is -0.354 e. The summed E-state index contributed by atoms with van der Waals surface area (Å²) in [5.41, 5.74) is -0.0981. The molecule has 0 unspecified atom stereocenters. The predicted octanol–water partition coefficient (Wildman–Crippen LogP) is 3.33. The lowest BCUT2D eigenvalue weighted by atomic mass is 9.85. The fourth-order valence-electron chi connectivity index (χ4n) is 2.86. The lowest BCUT2D eigenvalue weighted by molar-refractivity contribution is -0.304. The van der Waals surface area contributed by atoms with Gasteiger partial charge in [-0.3, -0.25) is 9.59 Å². The second-order valence-electron chi connectivity index (χ2n) is 8.16. The van der Waals surface area contributed by atoms with Gasteiger partial charge in [0.1, 0.15) is 11.9 Å². The molecule has 1 aliphatic heterocycles. The summed E-state index contributed by atoms with van der Waals surface area (Å²) in [5, 5.41) is 2.87. The van der Waals surface area contributed by atoms with Gasteiger partial charge in [0.25, 0.3) is 0 Å². The van der Waals surface area contributed by atoms with Crippen molar-refractivity contribution in [2.75, 3.05) is 13.2 Å². The molecule has 2 atom stereocenters. The zero-order chi connectivity index (χ0) is 19.5. The number of nitrogens with one attached hydrogen (secondary N) is 1. The number of carbonyl (C=O) groups is 2. The van der Waals surface area contributed by atoms with E-state index in [1.165, 1.54) is 18.2 Å². The largest absolute Gasteiger partial charge is 0.354 e. The van der Waals surface area contributed by atoms with Crippen molar-refractivity contribution in [2.45, 2.75) is 52.9 Å². The highest BCUT2D eigenvalue weighted by Gasteiger charge is 2.45. The number of carbonyl (C=O) groups excluding carboxylic acids is 2. The number of benzene rings is 1.